The largest absolute Gasteiger partial charge is 0.484 e. The summed E-state index contributed by atoms with van der Waals surface area (Å²) in [6.07, 6.45) is 0. The van der Waals surface area contributed by atoms with Crippen LogP contribution in [-0.2, 0) is 13.2 Å². The van der Waals surface area contributed by atoms with E-state index in [1.165, 1.54) is 0 Å². The van der Waals surface area contributed by atoms with Crippen molar-refractivity contribution in [3.05, 3.63) is 52.4 Å². The van der Waals surface area contributed by atoms with Gasteiger partial charge < -0.3 is 14.3 Å². The smallest absolute Gasteiger partial charge is 0.146 e. The van der Waals surface area contributed by atoms with Crippen LogP contribution in [0.2, 0.25) is 5.02 Å². The van der Waals surface area contributed by atoms with Gasteiger partial charge in [0.15, 0.2) is 0 Å². The minimum Gasteiger partial charge on any atom is -0.484 e. The highest BCUT2D eigenvalue weighted by molar-refractivity contribution is 6.32. The van der Waals surface area contributed by atoms with Gasteiger partial charge in [0.05, 0.1) is 5.02 Å². The molecule has 0 aliphatic heterocycles. The monoisotopic (exact) mass is 252 g/mol. The first-order valence-corrected chi connectivity index (χ1v) is 5.64. The Morgan fingerprint density at radius 1 is 1.24 bits per heavy atom. The van der Waals surface area contributed by atoms with Gasteiger partial charge in [-0.3, -0.25) is 0 Å². The highest BCUT2D eigenvalue weighted by Gasteiger charge is 2.05. The van der Waals surface area contributed by atoms with Crippen molar-refractivity contribution in [2.24, 2.45) is 0 Å². The third-order valence-corrected chi connectivity index (χ3v) is 2.64. The van der Waals surface area contributed by atoms with Gasteiger partial charge in [0.25, 0.3) is 0 Å². The van der Waals surface area contributed by atoms with Crippen molar-refractivity contribution in [3.8, 4) is 5.75 Å². The molecule has 0 saturated carbocycles. The first kappa shape index (κ1) is 12.0. The second-order valence-electron chi connectivity index (χ2n) is 3.75. The van der Waals surface area contributed by atoms with E-state index in [0.717, 1.165) is 5.56 Å². The van der Waals surface area contributed by atoms with Crippen molar-refractivity contribution in [1.82, 2.24) is 0 Å². The summed E-state index contributed by atoms with van der Waals surface area (Å²) >= 11 is 6.00. The first-order chi connectivity index (χ1) is 8.19. The predicted octanol–water partition coefficient (Wildman–Crippen LogP) is 3.31. The van der Waals surface area contributed by atoms with E-state index < -0.39 is 0 Å². The van der Waals surface area contributed by atoms with E-state index in [4.69, 9.17) is 25.9 Å². The lowest BCUT2D eigenvalue weighted by molar-refractivity contribution is 0.225. The molecule has 1 heterocycles. The molecule has 1 aromatic heterocycles. The number of ether oxygens (including phenoxy) is 1. The van der Waals surface area contributed by atoms with E-state index in [9.17, 15) is 0 Å². The van der Waals surface area contributed by atoms with Crippen LogP contribution in [0.15, 0.2) is 34.7 Å². The number of furan rings is 1. The summed E-state index contributed by atoms with van der Waals surface area (Å²) in [5.41, 5.74) is 1.08. The minimum absolute atomic E-state index is 0.106. The Hall–Kier alpha value is -1.45. The molecule has 0 aliphatic rings. The first-order valence-electron chi connectivity index (χ1n) is 5.26. The molecule has 2 rings (SSSR count). The fraction of sp³-hybridized carbons (Fsp3) is 0.231. The molecule has 0 radical (unpaired) electrons. The fourth-order valence-corrected chi connectivity index (χ4v) is 1.63. The summed E-state index contributed by atoms with van der Waals surface area (Å²) in [6, 6.07) is 9.09. The number of benzene rings is 1. The third-order valence-electron chi connectivity index (χ3n) is 2.33. The van der Waals surface area contributed by atoms with Crippen molar-refractivity contribution in [3.63, 3.8) is 0 Å². The Morgan fingerprint density at radius 3 is 2.71 bits per heavy atom. The number of hydrogen-bond acceptors (Lipinski definition) is 3. The Labute approximate surface area is 105 Å². The fourth-order valence-electron chi connectivity index (χ4n) is 1.45. The van der Waals surface area contributed by atoms with Gasteiger partial charge in [0.2, 0.25) is 0 Å². The van der Waals surface area contributed by atoms with Crippen LogP contribution in [-0.4, -0.2) is 5.11 Å². The zero-order valence-corrected chi connectivity index (χ0v) is 10.2. The second-order valence-corrected chi connectivity index (χ2v) is 4.16. The maximum atomic E-state index is 8.86. The van der Waals surface area contributed by atoms with Gasteiger partial charge in [-0.15, -0.1) is 0 Å². The Morgan fingerprint density at radius 2 is 2.00 bits per heavy atom. The highest BCUT2D eigenvalue weighted by atomic mass is 35.5. The molecule has 17 heavy (non-hydrogen) atoms. The molecule has 0 fully saturated rings. The van der Waals surface area contributed by atoms with Gasteiger partial charge in [-0.05, 0) is 36.8 Å². The van der Waals surface area contributed by atoms with E-state index in [-0.39, 0.29) is 6.61 Å². The molecule has 3 nitrogen and oxygen atoms in total. The van der Waals surface area contributed by atoms with Crippen molar-refractivity contribution >= 4 is 11.6 Å². The maximum absolute atomic E-state index is 8.86. The van der Waals surface area contributed by atoms with Gasteiger partial charge in [0, 0.05) is 0 Å². The summed E-state index contributed by atoms with van der Waals surface area (Å²) in [4.78, 5) is 0. The third kappa shape index (κ3) is 3.02. The molecule has 1 N–H and O–H groups in total. The predicted molar refractivity (Wildman–Crippen MR) is 65.2 cm³/mol. The number of hydrogen-bond donors (Lipinski definition) is 1. The lowest BCUT2D eigenvalue weighted by Gasteiger charge is -2.07. The second kappa shape index (κ2) is 5.25. The molecular formula is C13H13ClO3. The van der Waals surface area contributed by atoms with Crippen LogP contribution in [0.5, 0.6) is 5.75 Å². The van der Waals surface area contributed by atoms with Gasteiger partial charge >= 0.3 is 0 Å². The molecule has 0 atom stereocenters. The van der Waals surface area contributed by atoms with E-state index in [1.54, 1.807) is 18.2 Å². The minimum atomic E-state index is -0.106. The number of aryl methyl sites for hydroxylation is 1. The van der Waals surface area contributed by atoms with Crippen molar-refractivity contribution < 1.29 is 14.3 Å². The van der Waals surface area contributed by atoms with E-state index in [1.807, 2.05) is 19.1 Å². The Kier molecular flexibility index (Phi) is 3.71. The molecule has 0 aliphatic carbocycles. The van der Waals surface area contributed by atoms with E-state index >= 15 is 0 Å². The average molecular weight is 253 g/mol. The van der Waals surface area contributed by atoms with Crippen LogP contribution in [0.4, 0.5) is 0 Å². The SMILES string of the molecule is Cc1ccc(Cl)c(OCc2ccc(CO)o2)c1. The molecule has 4 heteroatoms. The quantitative estimate of drug-likeness (QED) is 0.908. The van der Waals surface area contributed by atoms with Crippen LogP contribution in [0.3, 0.4) is 0 Å². The zero-order chi connectivity index (χ0) is 12.3. The lowest BCUT2D eigenvalue weighted by Crippen LogP contribution is -1.94. The summed E-state index contributed by atoms with van der Waals surface area (Å²) in [6.45, 7) is 2.16. The standard InChI is InChI=1S/C13H13ClO3/c1-9-2-5-12(14)13(6-9)16-8-11-4-3-10(7-15)17-11/h2-6,15H,7-8H2,1H3. The Bertz CT molecular complexity index is 505. The van der Waals surface area contributed by atoms with Gasteiger partial charge in [-0.2, -0.15) is 0 Å². The van der Waals surface area contributed by atoms with E-state index in [2.05, 4.69) is 0 Å². The average Bonchev–Trinajstić information content (AvgIpc) is 2.78. The van der Waals surface area contributed by atoms with Gasteiger partial charge in [-0.25, -0.2) is 0 Å². The summed E-state index contributed by atoms with van der Waals surface area (Å²) in [5, 5.41) is 9.43. The molecule has 2 aromatic rings. The lowest BCUT2D eigenvalue weighted by atomic mass is 10.2. The summed E-state index contributed by atoms with van der Waals surface area (Å²) < 4.78 is 10.9. The van der Waals surface area contributed by atoms with Crippen LogP contribution in [0.1, 0.15) is 17.1 Å². The highest BCUT2D eigenvalue weighted by Crippen LogP contribution is 2.26. The van der Waals surface area contributed by atoms with E-state index in [0.29, 0.717) is 28.9 Å². The number of halogens is 1. The van der Waals surface area contributed by atoms with Gasteiger partial charge in [-0.1, -0.05) is 17.7 Å². The van der Waals surface area contributed by atoms with Crippen LogP contribution >= 0.6 is 11.6 Å². The topological polar surface area (TPSA) is 42.6 Å². The molecule has 90 valence electrons. The summed E-state index contributed by atoms with van der Waals surface area (Å²) in [7, 11) is 0. The molecule has 0 bridgehead atoms. The number of aliphatic hydroxyl groups excluding tert-OH is 1. The Balaban J connectivity index is 2.04. The van der Waals surface area contributed by atoms with Crippen LogP contribution in [0.25, 0.3) is 0 Å². The summed E-state index contributed by atoms with van der Waals surface area (Å²) in [5.74, 6) is 1.82. The zero-order valence-electron chi connectivity index (χ0n) is 9.44. The molecular weight excluding hydrogens is 240 g/mol. The molecule has 0 amide bonds. The number of rotatable bonds is 4. The number of aliphatic hydroxyl groups is 1. The van der Waals surface area contributed by atoms with Gasteiger partial charge in [0.1, 0.15) is 30.5 Å². The molecule has 1 aromatic carbocycles. The van der Waals surface area contributed by atoms with Crippen molar-refractivity contribution in [2.45, 2.75) is 20.1 Å². The molecule has 0 spiro atoms. The normalized spacial score (nSPS) is 10.5. The van der Waals surface area contributed by atoms with Crippen molar-refractivity contribution in [2.75, 3.05) is 0 Å². The molecule has 0 unspecified atom stereocenters. The molecule has 0 saturated heterocycles. The van der Waals surface area contributed by atoms with Crippen LogP contribution in [0, 0.1) is 6.92 Å². The van der Waals surface area contributed by atoms with Crippen molar-refractivity contribution in [1.29, 1.82) is 0 Å². The maximum Gasteiger partial charge on any atom is 0.146 e. The van der Waals surface area contributed by atoms with Crippen LogP contribution < -0.4 is 4.74 Å².